The average Bonchev–Trinajstić information content (AvgIpc) is 2.25. The first kappa shape index (κ1) is 17.2. The van der Waals surface area contributed by atoms with Gasteiger partial charge < -0.3 is 15.2 Å². The number of aliphatic hydroxyl groups excluding tert-OH is 1. The summed E-state index contributed by atoms with van der Waals surface area (Å²) >= 11 is 0. The quantitative estimate of drug-likeness (QED) is 0.833. The van der Waals surface area contributed by atoms with E-state index in [4.69, 9.17) is 4.74 Å². The van der Waals surface area contributed by atoms with Gasteiger partial charge in [0.15, 0.2) is 0 Å². The number of carbonyl (C=O) groups is 1. The number of carbonyl (C=O) groups excluding carboxylic acids is 1. The second-order valence-corrected chi connectivity index (χ2v) is 7.13. The van der Waals surface area contributed by atoms with E-state index in [0.29, 0.717) is 6.04 Å². The lowest BCUT2D eigenvalue weighted by molar-refractivity contribution is 0.0227. The van der Waals surface area contributed by atoms with Crippen LogP contribution >= 0.6 is 0 Å². The van der Waals surface area contributed by atoms with Crippen molar-refractivity contribution in [2.45, 2.75) is 71.8 Å². The van der Waals surface area contributed by atoms with Gasteiger partial charge in [-0.1, -0.05) is 0 Å². The smallest absolute Gasteiger partial charge is 0.407 e. The molecule has 1 fully saturated rings. The predicted octanol–water partition coefficient (Wildman–Crippen LogP) is 1.99. The number of hydrogen-bond donors (Lipinski definition) is 2. The third kappa shape index (κ3) is 5.67. The molecule has 1 amide bonds. The summed E-state index contributed by atoms with van der Waals surface area (Å²) in [4.78, 5) is 14.2. The molecule has 5 heteroatoms. The Balaban J connectivity index is 2.61. The maximum atomic E-state index is 11.9. The van der Waals surface area contributed by atoms with Crippen molar-refractivity contribution in [3.05, 3.63) is 0 Å². The molecule has 0 radical (unpaired) electrons. The fourth-order valence-electron chi connectivity index (χ4n) is 2.52. The number of ether oxygens (including phenoxy) is 1. The van der Waals surface area contributed by atoms with Crippen molar-refractivity contribution in [3.8, 4) is 0 Å². The third-order valence-corrected chi connectivity index (χ3v) is 3.64. The van der Waals surface area contributed by atoms with E-state index in [9.17, 15) is 9.90 Å². The SMILES string of the molecule is CC(O)C1CC(NC(=O)OC(C)(C)C)CN(C(C)C)C1. The molecular formula is C15H30N2O3. The summed E-state index contributed by atoms with van der Waals surface area (Å²) in [7, 11) is 0. The topological polar surface area (TPSA) is 61.8 Å². The summed E-state index contributed by atoms with van der Waals surface area (Å²) in [5, 5.41) is 12.8. The number of aliphatic hydroxyl groups is 1. The third-order valence-electron chi connectivity index (χ3n) is 3.64. The van der Waals surface area contributed by atoms with E-state index in [-0.39, 0.29) is 24.2 Å². The first-order valence-corrected chi connectivity index (χ1v) is 7.50. The van der Waals surface area contributed by atoms with Crippen LogP contribution in [-0.2, 0) is 4.74 Å². The number of likely N-dealkylation sites (tertiary alicyclic amines) is 1. The summed E-state index contributed by atoms with van der Waals surface area (Å²) in [5.74, 6) is 0.186. The number of hydrogen-bond acceptors (Lipinski definition) is 4. The zero-order chi connectivity index (χ0) is 15.5. The Morgan fingerprint density at radius 2 is 1.90 bits per heavy atom. The predicted molar refractivity (Wildman–Crippen MR) is 79.7 cm³/mol. The van der Waals surface area contributed by atoms with Gasteiger partial charge in [-0.3, -0.25) is 4.90 Å². The van der Waals surface area contributed by atoms with Gasteiger partial charge in [-0.2, -0.15) is 0 Å². The van der Waals surface area contributed by atoms with Crippen molar-refractivity contribution in [2.24, 2.45) is 5.92 Å². The summed E-state index contributed by atoms with van der Waals surface area (Å²) in [5.41, 5.74) is -0.486. The molecule has 0 spiro atoms. The lowest BCUT2D eigenvalue weighted by Gasteiger charge is -2.41. The molecule has 2 N–H and O–H groups in total. The largest absolute Gasteiger partial charge is 0.444 e. The molecule has 0 saturated carbocycles. The van der Waals surface area contributed by atoms with Crippen molar-refractivity contribution in [2.75, 3.05) is 13.1 Å². The van der Waals surface area contributed by atoms with Gasteiger partial charge in [0.1, 0.15) is 5.60 Å². The van der Waals surface area contributed by atoms with Crippen molar-refractivity contribution < 1.29 is 14.6 Å². The molecule has 0 bridgehead atoms. The van der Waals surface area contributed by atoms with Crippen LogP contribution in [0.4, 0.5) is 4.79 Å². The van der Waals surface area contributed by atoms with E-state index in [0.717, 1.165) is 19.5 Å². The molecule has 1 rings (SSSR count). The second-order valence-electron chi connectivity index (χ2n) is 7.13. The highest BCUT2D eigenvalue weighted by Crippen LogP contribution is 2.22. The molecule has 0 aliphatic carbocycles. The molecule has 1 heterocycles. The maximum Gasteiger partial charge on any atom is 0.407 e. The molecular weight excluding hydrogens is 256 g/mol. The highest BCUT2D eigenvalue weighted by Gasteiger charge is 2.32. The van der Waals surface area contributed by atoms with E-state index >= 15 is 0 Å². The van der Waals surface area contributed by atoms with E-state index in [1.807, 2.05) is 27.7 Å². The van der Waals surface area contributed by atoms with Crippen LogP contribution in [0.3, 0.4) is 0 Å². The Morgan fingerprint density at radius 3 is 2.35 bits per heavy atom. The van der Waals surface area contributed by atoms with Crippen LogP contribution in [0.25, 0.3) is 0 Å². The monoisotopic (exact) mass is 286 g/mol. The molecule has 3 atom stereocenters. The van der Waals surface area contributed by atoms with Crippen LogP contribution in [0.1, 0.15) is 48.0 Å². The number of alkyl carbamates (subject to hydrolysis) is 1. The van der Waals surface area contributed by atoms with Crippen LogP contribution in [0.5, 0.6) is 0 Å². The maximum absolute atomic E-state index is 11.9. The Bertz CT molecular complexity index is 308. The first-order valence-electron chi connectivity index (χ1n) is 7.50. The zero-order valence-electron chi connectivity index (χ0n) is 13.6. The van der Waals surface area contributed by atoms with Gasteiger partial charge >= 0.3 is 6.09 Å². The Labute approximate surface area is 122 Å². The number of piperidine rings is 1. The van der Waals surface area contributed by atoms with Gasteiger partial charge in [0, 0.05) is 25.2 Å². The molecule has 1 aliphatic heterocycles. The van der Waals surface area contributed by atoms with Crippen molar-refractivity contribution in [1.29, 1.82) is 0 Å². The zero-order valence-corrected chi connectivity index (χ0v) is 13.6. The molecule has 118 valence electrons. The summed E-state index contributed by atoms with van der Waals surface area (Å²) in [6, 6.07) is 0.431. The Kier molecular flexibility index (Phi) is 5.83. The second kappa shape index (κ2) is 6.76. The fraction of sp³-hybridized carbons (Fsp3) is 0.933. The van der Waals surface area contributed by atoms with Gasteiger partial charge in [0.05, 0.1) is 6.10 Å². The van der Waals surface area contributed by atoms with Gasteiger partial charge in [-0.15, -0.1) is 0 Å². The molecule has 1 saturated heterocycles. The molecule has 0 aromatic carbocycles. The van der Waals surface area contributed by atoms with Crippen molar-refractivity contribution in [1.82, 2.24) is 10.2 Å². The minimum atomic E-state index is -0.486. The normalized spacial score (nSPS) is 26.4. The molecule has 1 aliphatic rings. The Morgan fingerprint density at radius 1 is 1.30 bits per heavy atom. The van der Waals surface area contributed by atoms with Gasteiger partial charge in [0.2, 0.25) is 0 Å². The number of amides is 1. The molecule has 5 nitrogen and oxygen atoms in total. The van der Waals surface area contributed by atoms with Gasteiger partial charge in [0.25, 0.3) is 0 Å². The lowest BCUT2D eigenvalue weighted by Crippen LogP contribution is -2.55. The minimum Gasteiger partial charge on any atom is -0.444 e. The number of rotatable bonds is 3. The molecule has 0 aromatic rings. The average molecular weight is 286 g/mol. The molecule has 0 aromatic heterocycles. The standard InChI is InChI=1S/C15H30N2O3/c1-10(2)17-8-12(11(3)18)7-13(9-17)16-14(19)20-15(4,5)6/h10-13,18H,7-9H2,1-6H3,(H,16,19). The molecule has 3 unspecified atom stereocenters. The van der Waals surface area contributed by atoms with E-state index in [1.165, 1.54) is 0 Å². The number of nitrogens with zero attached hydrogens (tertiary/aromatic N) is 1. The van der Waals surface area contributed by atoms with Crippen molar-refractivity contribution >= 4 is 6.09 Å². The van der Waals surface area contributed by atoms with Crippen LogP contribution in [-0.4, -0.2) is 53.0 Å². The van der Waals surface area contributed by atoms with Crippen LogP contribution < -0.4 is 5.32 Å². The summed E-state index contributed by atoms with van der Waals surface area (Å²) in [6.07, 6.45) is 0.0528. The van der Waals surface area contributed by atoms with Crippen molar-refractivity contribution in [3.63, 3.8) is 0 Å². The lowest BCUT2D eigenvalue weighted by atomic mass is 9.89. The summed E-state index contributed by atoms with van der Waals surface area (Å²) in [6.45, 7) is 13.3. The van der Waals surface area contributed by atoms with E-state index in [2.05, 4.69) is 24.1 Å². The highest BCUT2D eigenvalue weighted by atomic mass is 16.6. The van der Waals surface area contributed by atoms with Crippen LogP contribution in [0.15, 0.2) is 0 Å². The van der Waals surface area contributed by atoms with Gasteiger partial charge in [-0.05, 0) is 53.9 Å². The van der Waals surface area contributed by atoms with Crippen LogP contribution in [0, 0.1) is 5.92 Å². The fourth-order valence-corrected chi connectivity index (χ4v) is 2.52. The highest BCUT2D eigenvalue weighted by molar-refractivity contribution is 5.68. The van der Waals surface area contributed by atoms with E-state index in [1.54, 1.807) is 0 Å². The van der Waals surface area contributed by atoms with Crippen LogP contribution in [0.2, 0.25) is 0 Å². The summed E-state index contributed by atoms with van der Waals surface area (Å²) < 4.78 is 5.30. The first-order chi connectivity index (χ1) is 9.08. The molecule has 20 heavy (non-hydrogen) atoms. The number of nitrogens with one attached hydrogen (secondary N) is 1. The van der Waals surface area contributed by atoms with Gasteiger partial charge in [-0.25, -0.2) is 4.79 Å². The van der Waals surface area contributed by atoms with E-state index < -0.39 is 5.60 Å². The Hall–Kier alpha value is -0.810. The minimum absolute atomic E-state index is 0.0283.